The zero-order valence-corrected chi connectivity index (χ0v) is 19.1. The molecule has 0 saturated heterocycles. The van der Waals surface area contributed by atoms with Crippen LogP contribution in [0.25, 0.3) is 10.7 Å². The maximum absolute atomic E-state index is 13.0. The number of aryl methyl sites for hydroxylation is 2. The van der Waals surface area contributed by atoms with Gasteiger partial charge in [-0.25, -0.2) is 8.42 Å². The first-order valence-electron chi connectivity index (χ1n) is 9.26. The molecule has 1 atom stereocenters. The number of amides is 1. The van der Waals surface area contributed by atoms with Crippen LogP contribution in [0.3, 0.4) is 0 Å². The SMILES string of the molecule is Cc1ccc(N([C@@H](C)C(=O)N(C)Cc2nc(-c3cccs3)no2)S(C)(=O)=O)cc1C. The minimum absolute atomic E-state index is 0.0755. The summed E-state index contributed by atoms with van der Waals surface area (Å²) in [6.07, 6.45) is 1.09. The number of hydrogen-bond acceptors (Lipinski definition) is 7. The number of likely N-dealkylation sites (N-methyl/N-ethyl adjacent to an activating group) is 1. The summed E-state index contributed by atoms with van der Waals surface area (Å²) in [4.78, 5) is 19.6. The highest BCUT2D eigenvalue weighted by Crippen LogP contribution is 2.25. The molecule has 3 aromatic rings. The highest BCUT2D eigenvalue weighted by Gasteiger charge is 2.31. The molecule has 1 amide bonds. The topological polar surface area (TPSA) is 96.6 Å². The van der Waals surface area contributed by atoms with Crippen LogP contribution in [0.5, 0.6) is 0 Å². The molecule has 0 aliphatic heterocycles. The number of carbonyl (C=O) groups excluding carboxylic acids is 1. The standard InChI is InChI=1S/C20H24N4O4S2/c1-13-8-9-16(11-14(13)2)24(30(5,26)27)15(3)20(25)23(4)12-18-21-19(22-28-18)17-7-6-10-29-17/h6-11,15H,12H2,1-5H3/t15-/m0/s1. The molecule has 0 N–H and O–H groups in total. The Labute approximate surface area is 180 Å². The van der Waals surface area contributed by atoms with Gasteiger partial charge in [0.2, 0.25) is 27.6 Å². The molecule has 30 heavy (non-hydrogen) atoms. The van der Waals surface area contributed by atoms with E-state index in [0.29, 0.717) is 11.5 Å². The first-order chi connectivity index (χ1) is 14.1. The summed E-state index contributed by atoms with van der Waals surface area (Å²) >= 11 is 1.49. The zero-order chi connectivity index (χ0) is 22.1. The Hall–Kier alpha value is -2.72. The summed E-state index contributed by atoms with van der Waals surface area (Å²) in [5, 5.41) is 5.85. The molecular weight excluding hydrogens is 424 g/mol. The van der Waals surface area contributed by atoms with Crippen molar-refractivity contribution in [2.75, 3.05) is 17.6 Å². The van der Waals surface area contributed by atoms with Crippen molar-refractivity contribution in [2.45, 2.75) is 33.4 Å². The van der Waals surface area contributed by atoms with Crippen LogP contribution < -0.4 is 4.31 Å². The van der Waals surface area contributed by atoms with Gasteiger partial charge in [0, 0.05) is 7.05 Å². The average Bonchev–Trinajstić information content (AvgIpc) is 3.34. The number of anilines is 1. The molecule has 1 aromatic carbocycles. The fourth-order valence-electron chi connectivity index (χ4n) is 3.09. The van der Waals surface area contributed by atoms with E-state index in [9.17, 15) is 13.2 Å². The lowest BCUT2D eigenvalue weighted by atomic mass is 10.1. The fraction of sp³-hybridized carbons (Fsp3) is 0.350. The number of carbonyl (C=O) groups is 1. The van der Waals surface area contributed by atoms with E-state index in [1.54, 1.807) is 26.1 Å². The quantitative estimate of drug-likeness (QED) is 0.551. The van der Waals surface area contributed by atoms with Crippen molar-refractivity contribution in [3.05, 3.63) is 52.7 Å². The molecule has 2 aromatic heterocycles. The van der Waals surface area contributed by atoms with Crippen molar-refractivity contribution in [1.29, 1.82) is 0 Å². The lowest BCUT2D eigenvalue weighted by molar-refractivity contribution is -0.131. The number of aromatic nitrogens is 2. The van der Waals surface area contributed by atoms with E-state index < -0.39 is 16.1 Å². The summed E-state index contributed by atoms with van der Waals surface area (Å²) in [6.45, 7) is 5.49. The smallest absolute Gasteiger partial charge is 0.246 e. The molecular formula is C20H24N4O4S2. The number of nitrogens with zero attached hydrogens (tertiary/aromatic N) is 4. The van der Waals surface area contributed by atoms with E-state index in [4.69, 9.17) is 4.52 Å². The van der Waals surface area contributed by atoms with Crippen LogP contribution in [-0.2, 0) is 21.4 Å². The Morgan fingerprint density at radius 3 is 2.57 bits per heavy atom. The van der Waals surface area contributed by atoms with E-state index in [-0.39, 0.29) is 18.3 Å². The van der Waals surface area contributed by atoms with Crippen molar-refractivity contribution in [1.82, 2.24) is 15.0 Å². The molecule has 10 heteroatoms. The van der Waals surface area contributed by atoms with Gasteiger partial charge in [0.15, 0.2) is 0 Å². The van der Waals surface area contributed by atoms with E-state index in [1.165, 1.54) is 16.2 Å². The lowest BCUT2D eigenvalue weighted by Gasteiger charge is -2.31. The average molecular weight is 449 g/mol. The van der Waals surface area contributed by atoms with Crippen LogP contribution in [0.4, 0.5) is 5.69 Å². The second-order valence-corrected chi connectivity index (χ2v) is 9.99. The molecule has 0 unspecified atom stereocenters. The zero-order valence-electron chi connectivity index (χ0n) is 17.5. The molecule has 3 rings (SSSR count). The number of rotatable bonds is 7. The molecule has 0 bridgehead atoms. The van der Waals surface area contributed by atoms with Crippen molar-refractivity contribution in [3.63, 3.8) is 0 Å². The third-order valence-electron chi connectivity index (χ3n) is 4.77. The molecule has 0 radical (unpaired) electrons. The molecule has 0 aliphatic carbocycles. The summed E-state index contributed by atoms with van der Waals surface area (Å²) in [5.41, 5.74) is 2.44. The summed E-state index contributed by atoms with van der Waals surface area (Å²) in [6, 6.07) is 8.15. The van der Waals surface area contributed by atoms with Gasteiger partial charge in [0.25, 0.3) is 0 Å². The van der Waals surface area contributed by atoms with Gasteiger partial charge in [0.05, 0.1) is 23.4 Å². The largest absolute Gasteiger partial charge is 0.337 e. The van der Waals surface area contributed by atoms with Crippen molar-refractivity contribution in [3.8, 4) is 10.7 Å². The second-order valence-electron chi connectivity index (χ2n) is 7.19. The third-order valence-corrected chi connectivity index (χ3v) is 6.88. The van der Waals surface area contributed by atoms with Crippen LogP contribution in [0.1, 0.15) is 23.9 Å². The van der Waals surface area contributed by atoms with E-state index in [2.05, 4.69) is 10.1 Å². The van der Waals surface area contributed by atoms with Gasteiger partial charge in [-0.2, -0.15) is 4.98 Å². The van der Waals surface area contributed by atoms with Gasteiger partial charge in [-0.3, -0.25) is 9.10 Å². The minimum Gasteiger partial charge on any atom is -0.337 e. The molecule has 0 aliphatic rings. The van der Waals surface area contributed by atoms with Gasteiger partial charge in [0.1, 0.15) is 6.04 Å². The van der Waals surface area contributed by atoms with Crippen molar-refractivity contribution in [2.24, 2.45) is 0 Å². The van der Waals surface area contributed by atoms with E-state index in [1.807, 2.05) is 37.4 Å². The predicted octanol–water partition coefficient (Wildman–Crippen LogP) is 3.23. The van der Waals surface area contributed by atoms with Crippen LogP contribution in [0.15, 0.2) is 40.2 Å². The maximum atomic E-state index is 13.0. The molecule has 0 spiro atoms. The molecule has 160 valence electrons. The summed E-state index contributed by atoms with van der Waals surface area (Å²) < 4.78 is 31.4. The summed E-state index contributed by atoms with van der Waals surface area (Å²) in [7, 11) is -2.11. The van der Waals surface area contributed by atoms with Gasteiger partial charge < -0.3 is 9.42 Å². The summed E-state index contributed by atoms with van der Waals surface area (Å²) in [5.74, 6) is 0.356. The van der Waals surface area contributed by atoms with Crippen molar-refractivity contribution < 1.29 is 17.7 Å². The number of benzene rings is 1. The van der Waals surface area contributed by atoms with E-state index >= 15 is 0 Å². The number of thiophene rings is 1. The second kappa shape index (κ2) is 8.57. The monoisotopic (exact) mass is 448 g/mol. The first kappa shape index (κ1) is 22.0. The Kier molecular flexibility index (Phi) is 6.27. The number of hydrogen-bond donors (Lipinski definition) is 0. The fourth-order valence-corrected chi connectivity index (χ4v) is 4.90. The van der Waals surface area contributed by atoms with Crippen LogP contribution >= 0.6 is 11.3 Å². The Morgan fingerprint density at radius 2 is 1.97 bits per heavy atom. The molecule has 0 saturated carbocycles. The van der Waals surface area contributed by atoms with Crippen LogP contribution in [-0.4, -0.2) is 48.7 Å². The Balaban J connectivity index is 1.80. The predicted molar refractivity (Wildman–Crippen MR) is 117 cm³/mol. The van der Waals surface area contributed by atoms with Crippen LogP contribution in [0.2, 0.25) is 0 Å². The van der Waals surface area contributed by atoms with Crippen molar-refractivity contribution >= 4 is 33.0 Å². The van der Waals surface area contributed by atoms with Crippen LogP contribution in [0, 0.1) is 13.8 Å². The minimum atomic E-state index is -3.69. The Bertz CT molecular complexity index is 1140. The van der Waals surface area contributed by atoms with Gasteiger partial charge in [-0.05, 0) is 55.5 Å². The maximum Gasteiger partial charge on any atom is 0.246 e. The number of sulfonamides is 1. The highest BCUT2D eigenvalue weighted by molar-refractivity contribution is 7.92. The third kappa shape index (κ3) is 4.71. The van der Waals surface area contributed by atoms with E-state index in [0.717, 1.165) is 26.6 Å². The van der Waals surface area contributed by atoms with Gasteiger partial charge >= 0.3 is 0 Å². The molecule has 0 fully saturated rings. The normalized spacial score (nSPS) is 12.6. The lowest BCUT2D eigenvalue weighted by Crippen LogP contribution is -2.48. The molecule has 8 nitrogen and oxygen atoms in total. The highest BCUT2D eigenvalue weighted by atomic mass is 32.2. The Morgan fingerprint density at radius 1 is 1.23 bits per heavy atom. The van der Waals surface area contributed by atoms with Gasteiger partial charge in [-0.15, -0.1) is 11.3 Å². The van der Waals surface area contributed by atoms with Gasteiger partial charge in [-0.1, -0.05) is 17.3 Å². The molecule has 2 heterocycles. The first-order valence-corrected chi connectivity index (χ1v) is 12.0.